The Morgan fingerprint density at radius 3 is 2.72 bits per heavy atom. The summed E-state index contributed by atoms with van der Waals surface area (Å²) >= 11 is 2.25. The van der Waals surface area contributed by atoms with Gasteiger partial charge in [0.2, 0.25) is 0 Å². The SMILES string of the molecule is CCOC(=O)c1cnc2nc(C)ccc2c1Nc1ccccc1I.Cl. The van der Waals surface area contributed by atoms with Crippen LogP contribution in [0.4, 0.5) is 11.4 Å². The lowest BCUT2D eigenvalue weighted by molar-refractivity contribution is 0.0527. The van der Waals surface area contributed by atoms with Crippen molar-refractivity contribution in [3.63, 3.8) is 0 Å². The number of pyridine rings is 2. The lowest BCUT2D eigenvalue weighted by atomic mass is 10.1. The van der Waals surface area contributed by atoms with E-state index in [-0.39, 0.29) is 12.4 Å². The molecule has 0 aliphatic heterocycles. The highest BCUT2D eigenvalue weighted by Crippen LogP contribution is 2.31. The van der Waals surface area contributed by atoms with Gasteiger partial charge in [-0.05, 0) is 60.7 Å². The Labute approximate surface area is 165 Å². The molecule has 1 N–H and O–H groups in total. The van der Waals surface area contributed by atoms with E-state index in [4.69, 9.17) is 4.74 Å². The maximum Gasteiger partial charge on any atom is 0.341 e. The average molecular weight is 470 g/mol. The average Bonchev–Trinajstić information content (AvgIpc) is 2.57. The number of esters is 1. The summed E-state index contributed by atoms with van der Waals surface area (Å²) in [5.41, 5.74) is 3.44. The van der Waals surface area contributed by atoms with Crippen LogP contribution in [0.5, 0.6) is 0 Å². The molecule has 0 unspecified atom stereocenters. The van der Waals surface area contributed by atoms with Crippen molar-refractivity contribution in [3.05, 3.63) is 57.4 Å². The number of anilines is 2. The van der Waals surface area contributed by atoms with E-state index in [2.05, 4.69) is 37.9 Å². The quantitative estimate of drug-likeness (QED) is 0.436. The van der Waals surface area contributed by atoms with Gasteiger partial charge in [0.1, 0.15) is 5.56 Å². The second-order valence-corrected chi connectivity index (χ2v) is 6.36. The molecule has 0 aliphatic carbocycles. The fourth-order valence-corrected chi connectivity index (χ4v) is 2.89. The first kappa shape index (κ1) is 19.4. The molecule has 0 spiro atoms. The number of hydrogen-bond donors (Lipinski definition) is 1. The molecule has 130 valence electrons. The highest BCUT2D eigenvalue weighted by molar-refractivity contribution is 14.1. The molecule has 0 saturated carbocycles. The van der Waals surface area contributed by atoms with Gasteiger partial charge in [-0.25, -0.2) is 14.8 Å². The normalized spacial score (nSPS) is 10.2. The van der Waals surface area contributed by atoms with Crippen molar-refractivity contribution in [1.82, 2.24) is 9.97 Å². The molecule has 0 atom stereocenters. The van der Waals surface area contributed by atoms with E-state index >= 15 is 0 Å². The van der Waals surface area contributed by atoms with E-state index in [1.165, 1.54) is 6.20 Å². The molecule has 0 fully saturated rings. The number of carbonyl (C=O) groups is 1. The molecule has 0 bridgehead atoms. The minimum Gasteiger partial charge on any atom is -0.462 e. The van der Waals surface area contributed by atoms with Gasteiger partial charge in [0.05, 0.1) is 18.0 Å². The van der Waals surface area contributed by atoms with Crippen molar-refractivity contribution in [2.75, 3.05) is 11.9 Å². The third kappa shape index (κ3) is 4.19. The van der Waals surface area contributed by atoms with E-state index in [1.54, 1.807) is 6.92 Å². The van der Waals surface area contributed by atoms with E-state index in [0.29, 0.717) is 23.5 Å². The van der Waals surface area contributed by atoms with Crippen molar-refractivity contribution >= 4 is 63.4 Å². The van der Waals surface area contributed by atoms with Crippen molar-refractivity contribution in [1.29, 1.82) is 0 Å². The van der Waals surface area contributed by atoms with Gasteiger partial charge >= 0.3 is 5.97 Å². The van der Waals surface area contributed by atoms with Crippen LogP contribution in [0.15, 0.2) is 42.6 Å². The number of aromatic nitrogens is 2. The van der Waals surface area contributed by atoms with Crippen molar-refractivity contribution in [2.45, 2.75) is 13.8 Å². The molecule has 25 heavy (non-hydrogen) atoms. The van der Waals surface area contributed by atoms with Gasteiger partial charge in [0, 0.05) is 20.8 Å². The van der Waals surface area contributed by atoms with Gasteiger partial charge in [-0.2, -0.15) is 0 Å². The third-order valence-electron chi connectivity index (χ3n) is 3.50. The van der Waals surface area contributed by atoms with Crippen LogP contribution in [-0.2, 0) is 4.74 Å². The molecule has 0 aliphatic rings. The summed E-state index contributed by atoms with van der Waals surface area (Å²) < 4.78 is 6.22. The van der Waals surface area contributed by atoms with Crippen LogP contribution in [0.2, 0.25) is 0 Å². The highest BCUT2D eigenvalue weighted by atomic mass is 127. The monoisotopic (exact) mass is 469 g/mol. The maximum atomic E-state index is 12.3. The molecule has 0 amide bonds. The zero-order valence-electron chi connectivity index (χ0n) is 13.7. The first-order chi connectivity index (χ1) is 11.6. The van der Waals surface area contributed by atoms with Crippen LogP contribution in [0, 0.1) is 10.5 Å². The minimum absolute atomic E-state index is 0. The smallest absolute Gasteiger partial charge is 0.341 e. The molecule has 3 rings (SSSR count). The van der Waals surface area contributed by atoms with Crippen LogP contribution in [0.1, 0.15) is 23.0 Å². The van der Waals surface area contributed by atoms with Gasteiger partial charge < -0.3 is 10.1 Å². The number of halogens is 2. The third-order valence-corrected chi connectivity index (χ3v) is 4.44. The van der Waals surface area contributed by atoms with Crippen molar-refractivity contribution in [2.24, 2.45) is 0 Å². The number of benzene rings is 1. The lowest BCUT2D eigenvalue weighted by Gasteiger charge is -2.15. The lowest BCUT2D eigenvalue weighted by Crippen LogP contribution is -2.10. The number of carbonyl (C=O) groups excluding carboxylic acids is 1. The summed E-state index contributed by atoms with van der Waals surface area (Å²) in [5, 5.41) is 4.14. The first-order valence-electron chi connectivity index (χ1n) is 7.55. The van der Waals surface area contributed by atoms with Gasteiger partial charge in [0.25, 0.3) is 0 Å². The number of ether oxygens (including phenoxy) is 1. The topological polar surface area (TPSA) is 64.1 Å². The first-order valence-corrected chi connectivity index (χ1v) is 8.63. The van der Waals surface area contributed by atoms with Crippen LogP contribution in [0.3, 0.4) is 0 Å². The van der Waals surface area contributed by atoms with Crippen LogP contribution in [0.25, 0.3) is 11.0 Å². The molecule has 2 aromatic heterocycles. The number of rotatable bonds is 4. The standard InChI is InChI=1S/C18H16IN3O2.ClH/c1-3-24-18(23)13-10-20-17-12(9-8-11(2)21-17)16(13)22-15-7-5-4-6-14(15)19;/h4-10H,3H2,1-2H3,(H,20,21,22);1H. The zero-order chi connectivity index (χ0) is 17.1. The maximum absolute atomic E-state index is 12.3. The summed E-state index contributed by atoms with van der Waals surface area (Å²) in [5.74, 6) is -0.402. The Bertz CT molecular complexity index is 918. The molecular weight excluding hydrogens is 453 g/mol. The van der Waals surface area contributed by atoms with E-state index in [0.717, 1.165) is 20.3 Å². The molecule has 3 aromatic rings. The van der Waals surface area contributed by atoms with Gasteiger partial charge in [0.15, 0.2) is 5.65 Å². The van der Waals surface area contributed by atoms with Crippen LogP contribution < -0.4 is 5.32 Å². The summed E-state index contributed by atoms with van der Waals surface area (Å²) in [6.07, 6.45) is 1.52. The Kier molecular flexibility index (Phi) is 6.55. The van der Waals surface area contributed by atoms with E-state index < -0.39 is 5.97 Å². The van der Waals surface area contributed by atoms with Gasteiger partial charge in [-0.15, -0.1) is 12.4 Å². The molecule has 5 nitrogen and oxygen atoms in total. The number of aryl methyl sites for hydroxylation is 1. The molecule has 0 saturated heterocycles. The number of nitrogens with one attached hydrogen (secondary N) is 1. The number of para-hydroxylation sites is 1. The molecule has 1 aromatic carbocycles. The Hall–Kier alpha value is -1.93. The summed E-state index contributed by atoms with van der Waals surface area (Å²) in [6.45, 7) is 4.00. The molecule has 7 heteroatoms. The van der Waals surface area contributed by atoms with Crippen molar-refractivity contribution < 1.29 is 9.53 Å². The second-order valence-electron chi connectivity index (χ2n) is 5.20. The largest absolute Gasteiger partial charge is 0.462 e. The summed E-state index contributed by atoms with van der Waals surface area (Å²) in [7, 11) is 0. The molecular formula is C18H17ClIN3O2. The summed E-state index contributed by atoms with van der Waals surface area (Å²) in [4.78, 5) is 21.1. The van der Waals surface area contributed by atoms with Crippen LogP contribution in [-0.4, -0.2) is 22.5 Å². The molecule has 0 radical (unpaired) electrons. The van der Waals surface area contributed by atoms with E-state index in [9.17, 15) is 4.79 Å². The fraction of sp³-hybridized carbons (Fsp3) is 0.167. The summed E-state index contributed by atoms with van der Waals surface area (Å²) in [6, 6.07) is 11.7. The number of fused-ring (bicyclic) bond motifs is 1. The Morgan fingerprint density at radius 2 is 2.00 bits per heavy atom. The van der Waals surface area contributed by atoms with Gasteiger partial charge in [-0.3, -0.25) is 0 Å². The number of hydrogen-bond acceptors (Lipinski definition) is 5. The predicted octanol–water partition coefficient (Wildman–Crippen LogP) is 4.88. The highest BCUT2D eigenvalue weighted by Gasteiger charge is 2.18. The predicted molar refractivity (Wildman–Crippen MR) is 110 cm³/mol. The van der Waals surface area contributed by atoms with Gasteiger partial charge in [-0.1, -0.05) is 12.1 Å². The van der Waals surface area contributed by atoms with E-state index in [1.807, 2.05) is 43.3 Å². The van der Waals surface area contributed by atoms with Crippen molar-refractivity contribution in [3.8, 4) is 0 Å². The minimum atomic E-state index is -0.402. The Morgan fingerprint density at radius 1 is 1.24 bits per heavy atom. The zero-order valence-corrected chi connectivity index (χ0v) is 16.7. The van der Waals surface area contributed by atoms with Crippen LogP contribution >= 0.6 is 35.0 Å². The number of nitrogens with zero attached hydrogens (tertiary/aromatic N) is 2. The molecule has 2 heterocycles. The second kappa shape index (κ2) is 8.44. The Balaban J connectivity index is 0.00000225. The fourth-order valence-electron chi connectivity index (χ4n) is 2.37.